The normalized spacial score (nSPS) is 18.4. The third-order valence-corrected chi connectivity index (χ3v) is 3.82. The van der Waals surface area contributed by atoms with E-state index in [0.717, 1.165) is 5.56 Å². The van der Waals surface area contributed by atoms with Crippen molar-refractivity contribution >= 4 is 5.91 Å². The van der Waals surface area contributed by atoms with E-state index in [2.05, 4.69) is 5.32 Å². The summed E-state index contributed by atoms with van der Waals surface area (Å²) in [6.45, 7) is 5.11. The Hall–Kier alpha value is -1.43. The highest BCUT2D eigenvalue weighted by atomic mass is 16.7. The number of hydrogen-bond donors (Lipinski definition) is 2. The van der Waals surface area contributed by atoms with E-state index in [1.54, 1.807) is 6.92 Å². The third-order valence-electron chi connectivity index (χ3n) is 3.82. The molecular formula is C16H23NO4. The molecule has 0 aromatic heterocycles. The van der Waals surface area contributed by atoms with Gasteiger partial charge in [0.2, 0.25) is 5.91 Å². The molecule has 21 heavy (non-hydrogen) atoms. The first-order valence-corrected chi connectivity index (χ1v) is 7.27. The van der Waals surface area contributed by atoms with Crippen LogP contribution < -0.4 is 5.32 Å². The van der Waals surface area contributed by atoms with Crippen LogP contribution in [0.25, 0.3) is 0 Å². The van der Waals surface area contributed by atoms with Gasteiger partial charge >= 0.3 is 0 Å². The number of ether oxygens (including phenoxy) is 2. The molecule has 0 unspecified atom stereocenters. The van der Waals surface area contributed by atoms with E-state index in [1.165, 1.54) is 5.56 Å². The molecule has 1 aliphatic heterocycles. The van der Waals surface area contributed by atoms with E-state index in [-0.39, 0.29) is 12.5 Å². The summed E-state index contributed by atoms with van der Waals surface area (Å²) in [6.07, 6.45) is 0.316. The Bertz CT molecular complexity index is 466. The summed E-state index contributed by atoms with van der Waals surface area (Å²) in [5.41, 5.74) is 2.22. The number of benzene rings is 1. The number of rotatable bonds is 6. The van der Waals surface area contributed by atoms with Crippen LogP contribution in [0.2, 0.25) is 0 Å². The fourth-order valence-electron chi connectivity index (χ4n) is 2.51. The minimum Gasteiger partial charge on any atom is -0.396 e. The number of carbonyl (C=O) groups is 1. The molecule has 5 heteroatoms. The summed E-state index contributed by atoms with van der Waals surface area (Å²) in [5, 5.41) is 12.1. The first kappa shape index (κ1) is 15.9. The van der Waals surface area contributed by atoms with Crippen molar-refractivity contribution in [2.45, 2.75) is 32.6 Å². The van der Waals surface area contributed by atoms with Crippen LogP contribution in [-0.4, -0.2) is 36.6 Å². The molecule has 2 rings (SSSR count). The molecule has 1 atom stereocenters. The number of aliphatic hydroxyl groups is 1. The van der Waals surface area contributed by atoms with Gasteiger partial charge in [-0.3, -0.25) is 4.79 Å². The molecule has 0 saturated carbocycles. The van der Waals surface area contributed by atoms with E-state index < -0.39 is 11.7 Å². The summed E-state index contributed by atoms with van der Waals surface area (Å²) in [7, 11) is 0. The molecule has 0 radical (unpaired) electrons. The zero-order chi connectivity index (χ0) is 15.3. The zero-order valence-electron chi connectivity index (χ0n) is 12.6. The lowest BCUT2D eigenvalue weighted by Gasteiger charge is -2.30. The third kappa shape index (κ3) is 4.03. The Morgan fingerprint density at radius 2 is 1.95 bits per heavy atom. The van der Waals surface area contributed by atoms with Crippen LogP contribution in [0.1, 0.15) is 24.5 Å². The predicted molar refractivity (Wildman–Crippen MR) is 78.5 cm³/mol. The second kappa shape index (κ2) is 7.02. The molecule has 1 amide bonds. The SMILES string of the molecule is Cc1ccc(CNC(=O)[C@H](CCO)C2(C)OCCO2)cc1. The van der Waals surface area contributed by atoms with Crippen LogP contribution in [-0.2, 0) is 20.8 Å². The van der Waals surface area contributed by atoms with E-state index in [0.29, 0.717) is 26.2 Å². The average Bonchev–Trinajstić information content (AvgIpc) is 2.91. The number of nitrogens with one attached hydrogen (secondary N) is 1. The smallest absolute Gasteiger partial charge is 0.228 e. The quantitative estimate of drug-likeness (QED) is 0.831. The number of amides is 1. The summed E-state index contributed by atoms with van der Waals surface area (Å²) in [4.78, 5) is 12.4. The van der Waals surface area contributed by atoms with Crippen molar-refractivity contribution in [2.24, 2.45) is 5.92 Å². The Balaban J connectivity index is 1.96. The van der Waals surface area contributed by atoms with Crippen LogP contribution in [0.3, 0.4) is 0 Å². The van der Waals surface area contributed by atoms with Crippen molar-refractivity contribution in [2.75, 3.05) is 19.8 Å². The summed E-state index contributed by atoms with van der Waals surface area (Å²) < 4.78 is 11.1. The molecule has 1 aliphatic rings. The summed E-state index contributed by atoms with van der Waals surface area (Å²) >= 11 is 0. The predicted octanol–water partition coefficient (Wildman–Crippen LogP) is 1.37. The maximum atomic E-state index is 12.4. The second-order valence-electron chi connectivity index (χ2n) is 5.48. The first-order chi connectivity index (χ1) is 10.0. The van der Waals surface area contributed by atoms with Gasteiger partial charge in [0.25, 0.3) is 0 Å². The maximum Gasteiger partial charge on any atom is 0.228 e. The van der Waals surface area contributed by atoms with Gasteiger partial charge in [0, 0.05) is 13.2 Å². The highest BCUT2D eigenvalue weighted by Crippen LogP contribution is 2.30. The van der Waals surface area contributed by atoms with Gasteiger partial charge in [-0.25, -0.2) is 0 Å². The highest BCUT2D eigenvalue weighted by Gasteiger charge is 2.43. The van der Waals surface area contributed by atoms with Crippen molar-refractivity contribution in [3.8, 4) is 0 Å². The standard InChI is InChI=1S/C16H23NO4/c1-12-3-5-13(6-4-12)11-17-15(19)14(7-8-18)16(2)20-9-10-21-16/h3-6,14,18H,7-11H2,1-2H3,(H,17,19)/t14-/m0/s1. The summed E-state index contributed by atoms with van der Waals surface area (Å²) in [5.74, 6) is -1.62. The monoisotopic (exact) mass is 293 g/mol. The minimum atomic E-state index is -0.944. The van der Waals surface area contributed by atoms with E-state index in [4.69, 9.17) is 9.47 Å². The number of carbonyl (C=O) groups excluding carboxylic acids is 1. The lowest BCUT2D eigenvalue weighted by molar-refractivity contribution is -0.189. The lowest BCUT2D eigenvalue weighted by atomic mass is 9.95. The molecule has 1 aromatic rings. The van der Waals surface area contributed by atoms with Gasteiger partial charge in [-0.05, 0) is 25.8 Å². The molecule has 1 fully saturated rings. The van der Waals surface area contributed by atoms with Gasteiger partial charge in [0.1, 0.15) is 0 Å². The first-order valence-electron chi connectivity index (χ1n) is 7.27. The molecular weight excluding hydrogens is 270 g/mol. The number of hydrogen-bond acceptors (Lipinski definition) is 4. The van der Waals surface area contributed by atoms with E-state index >= 15 is 0 Å². The van der Waals surface area contributed by atoms with Crippen molar-refractivity contribution in [1.29, 1.82) is 0 Å². The maximum absolute atomic E-state index is 12.4. The largest absolute Gasteiger partial charge is 0.396 e. The molecule has 0 aliphatic carbocycles. The van der Waals surface area contributed by atoms with Gasteiger partial charge in [0.05, 0.1) is 19.1 Å². The molecule has 1 heterocycles. The molecule has 0 spiro atoms. The van der Waals surface area contributed by atoms with Gasteiger partial charge in [0.15, 0.2) is 5.79 Å². The van der Waals surface area contributed by atoms with Crippen LogP contribution in [0.4, 0.5) is 0 Å². The minimum absolute atomic E-state index is 0.0784. The van der Waals surface area contributed by atoms with Crippen molar-refractivity contribution in [3.05, 3.63) is 35.4 Å². The van der Waals surface area contributed by atoms with Crippen LogP contribution in [0, 0.1) is 12.8 Å². The van der Waals surface area contributed by atoms with Gasteiger partial charge in [-0.2, -0.15) is 0 Å². The number of aryl methyl sites for hydroxylation is 1. The topological polar surface area (TPSA) is 67.8 Å². The Morgan fingerprint density at radius 3 is 2.52 bits per heavy atom. The Labute approximate surface area is 125 Å². The highest BCUT2D eigenvalue weighted by molar-refractivity contribution is 5.79. The van der Waals surface area contributed by atoms with Gasteiger partial charge in [-0.1, -0.05) is 29.8 Å². The molecule has 0 bridgehead atoms. The fraction of sp³-hybridized carbons (Fsp3) is 0.562. The Kier molecular flexibility index (Phi) is 5.33. The molecule has 1 aromatic carbocycles. The van der Waals surface area contributed by atoms with Crippen LogP contribution >= 0.6 is 0 Å². The Morgan fingerprint density at radius 1 is 1.33 bits per heavy atom. The number of aliphatic hydroxyl groups excluding tert-OH is 1. The van der Waals surface area contributed by atoms with Gasteiger partial charge in [-0.15, -0.1) is 0 Å². The van der Waals surface area contributed by atoms with E-state index in [1.807, 2.05) is 31.2 Å². The van der Waals surface area contributed by atoms with Crippen LogP contribution in [0.5, 0.6) is 0 Å². The molecule has 1 saturated heterocycles. The molecule has 5 nitrogen and oxygen atoms in total. The molecule has 2 N–H and O–H groups in total. The molecule has 116 valence electrons. The van der Waals surface area contributed by atoms with E-state index in [9.17, 15) is 9.90 Å². The van der Waals surface area contributed by atoms with Crippen LogP contribution in [0.15, 0.2) is 24.3 Å². The second-order valence-corrected chi connectivity index (χ2v) is 5.48. The van der Waals surface area contributed by atoms with Gasteiger partial charge < -0.3 is 19.9 Å². The lowest BCUT2D eigenvalue weighted by Crippen LogP contribution is -2.46. The zero-order valence-corrected chi connectivity index (χ0v) is 12.6. The average molecular weight is 293 g/mol. The van der Waals surface area contributed by atoms with Crippen molar-refractivity contribution in [3.63, 3.8) is 0 Å². The fourth-order valence-corrected chi connectivity index (χ4v) is 2.51. The van der Waals surface area contributed by atoms with Crippen molar-refractivity contribution < 1.29 is 19.4 Å². The van der Waals surface area contributed by atoms with Crippen molar-refractivity contribution in [1.82, 2.24) is 5.32 Å². The summed E-state index contributed by atoms with van der Waals surface area (Å²) in [6, 6.07) is 8.00.